The van der Waals surface area contributed by atoms with Crippen LogP contribution in [-0.2, 0) is 6.54 Å². The van der Waals surface area contributed by atoms with Crippen LogP contribution in [0.4, 0.5) is 0 Å². The summed E-state index contributed by atoms with van der Waals surface area (Å²) in [5.74, 6) is 1.06. The molecule has 1 aliphatic heterocycles. The van der Waals surface area contributed by atoms with Crippen LogP contribution in [0.1, 0.15) is 18.6 Å². The van der Waals surface area contributed by atoms with Gasteiger partial charge in [-0.1, -0.05) is 18.2 Å². The normalized spacial score (nSPS) is 18.9. The Labute approximate surface area is 101 Å². The molecule has 1 saturated heterocycles. The fourth-order valence-corrected chi connectivity index (χ4v) is 2.45. The summed E-state index contributed by atoms with van der Waals surface area (Å²) >= 11 is 0. The first kappa shape index (κ1) is 10.8. The highest BCUT2D eigenvalue weighted by Crippen LogP contribution is 2.21. The average molecular weight is 230 g/mol. The number of fused-ring (bicyclic) bond motifs is 1. The van der Waals surface area contributed by atoms with E-state index in [1.807, 2.05) is 18.2 Å². The van der Waals surface area contributed by atoms with Gasteiger partial charge in [0.25, 0.3) is 0 Å². The van der Waals surface area contributed by atoms with E-state index in [2.05, 4.69) is 17.0 Å². The van der Waals surface area contributed by atoms with E-state index in [0.717, 1.165) is 43.8 Å². The third kappa shape index (κ3) is 2.35. The minimum absolute atomic E-state index is 0.391. The van der Waals surface area contributed by atoms with Gasteiger partial charge in [0.2, 0.25) is 0 Å². The largest absolute Gasteiger partial charge is 0.460 e. The third-order valence-corrected chi connectivity index (χ3v) is 3.49. The molecule has 3 rings (SSSR count). The SMILES string of the molecule is NC1CCN(Cc2cc3ccccc3o2)CC1. The van der Waals surface area contributed by atoms with Crippen LogP contribution in [0.3, 0.4) is 0 Å². The summed E-state index contributed by atoms with van der Waals surface area (Å²) in [6.45, 7) is 3.07. The van der Waals surface area contributed by atoms with Gasteiger partial charge in [-0.2, -0.15) is 0 Å². The van der Waals surface area contributed by atoms with Crippen molar-refractivity contribution in [3.05, 3.63) is 36.1 Å². The van der Waals surface area contributed by atoms with Crippen molar-refractivity contribution < 1.29 is 4.42 Å². The summed E-state index contributed by atoms with van der Waals surface area (Å²) in [7, 11) is 0. The second-order valence-electron chi connectivity index (χ2n) is 4.86. The average Bonchev–Trinajstić information content (AvgIpc) is 2.74. The Balaban J connectivity index is 1.72. The van der Waals surface area contributed by atoms with E-state index >= 15 is 0 Å². The van der Waals surface area contributed by atoms with Gasteiger partial charge in [0.1, 0.15) is 11.3 Å². The van der Waals surface area contributed by atoms with Crippen molar-refractivity contribution in [1.82, 2.24) is 4.90 Å². The molecule has 3 nitrogen and oxygen atoms in total. The van der Waals surface area contributed by atoms with Gasteiger partial charge in [0.15, 0.2) is 0 Å². The number of furan rings is 1. The Hall–Kier alpha value is -1.32. The topological polar surface area (TPSA) is 42.4 Å². The lowest BCUT2D eigenvalue weighted by atomic mass is 10.1. The van der Waals surface area contributed by atoms with Crippen molar-refractivity contribution in [2.75, 3.05) is 13.1 Å². The minimum atomic E-state index is 0.391. The van der Waals surface area contributed by atoms with Gasteiger partial charge in [-0.15, -0.1) is 0 Å². The number of nitrogens with zero attached hydrogens (tertiary/aromatic N) is 1. The predicted molar refractivity (Wildman–Crippen MR) is 68.7 cm³/mol. The second kappa shape index (κ2) is 4.51. The van der Waals surface area contributed by atoms with E-state index in [-0.39, 0.29) is 0 Å². The molecule has 0 unspecified atom stereocenters. The maximum Gasteiger partial charge on any atom is 0.134 e. The summed E-state index contributed by atoms with van der Waals surface area (Å²) in [5, 5.41) is 1.19. The maximum atomic E-state index is 5.90. The van der Waals surface area contributed by atoms with Gasteiger partial charge < -0.3 is 10.2 Å². The second-order valence-corrected chi connectivity index (χ2v) is 4.86. The number of hydrogen-bond donors (Lipinski definition) is 1. The molecule has 0 atom stereocenters. The Bertz CT molecular complexity index is 465. The molecule has 1 aromatic heterocycles. The lowest BCUT2D eigenvalue weighted by molar-refractivity contribution is 0.193. The molecular weight excluding hydrogens is 212 g/mol. The number of benzene rings is 1. The Morgan fingerprint density at radius 3 is 2.76 bits per heavy atom. The first-order valence-corrected chi connectivity index (χ1v) is 6.27. The Morgan fingerprint density at radius 2 is 2.00 bits per heavy atom. The number of rotatable bonds is 2. The van der Waals surface area contributed by atoms with Crippen molar-refractivity contribution in [3.63, 3.8) is 0 Å². The number of nitrogens with two attached hydrogens (primary N) is 1. The molecule has 1 fully saturated rings. The van der Waals surface area contributed by atoms with Crippen molar-refractivity contribution in [2.45, 2.75) is 25.4 Å². The van der Waals surface area contributed by atoms with Crippen molar-refractivity contribution in [3.8, 4) is 0 Å². The van der Waals surface area contributed by atoms with Gasteiger partial charge in [-0.25, -0.2) is 0 Å². The van der Waals surface area contributed by atoms with Crippen LogP contribution in [0.5, 0.6) is 0 Å². The highest BCUT2D eigenvalue weighted by Gasteiger charge is 2.17. The zero-order chi connectivity index (χ0) is 11.7. The summed E-state index contributed by atoms with van der Waals surface area (Å²) in [6.07, 6.45) is 2.19. The van der Waals surface area contributed by atoms with Crippen LogP contribution in [0.25, 0.3) is 11.0 Å². The molecule has 0 radical (unpaired) electrons. The monoisotopic (exact) mass is 230 g/mol. The van der Waals surface area contributed by atoms with E-state index < -0.39 is 0 Å². The van der Waals surface area contributed by atoms with Gasteiger partial charge in [-0.3, -0.25) is 4.90 Å². The summed E-state index contributed by atoms with van der Waals surface area (Å²) in [4.78, 5) is 2.42. The van der Waals surface area contributed by atoms with Crippen LogP contribution in [-0.4, -0.2) is 24.0 Å². The molecule has 2 aromatic rings. The summed E-state index contributed by atoms with van der Waals surface area (Å²) in [5.41, 5.74) is 6.88. The van der Waals surface area contributed by atoms with Crippen molar-refractivity contribution in [2.24, 2.45) is 5.73 Å². The molecule has 0 amide bonds. The lowest BCUT2D eigenvalue weighted by Crippen LogP contribution is -2.39. The van der Waals surface area contributed by atoms with Crippen LogP contribution < -0.4 is 5.73 Å². The van der Waals surface area contributed by atoms with Gasteiger partial charge >= 0.3 is 0 Å². The summed E-state index contributed by atoms with van der Waals surface area (Å²) in [6, 6.07) is 10.7. The zero-order valence-corrected chi connectivity index (χ0v) is 9.93. The predicted octanol–water partition coefficient (Wildman–Crippen LogP) is 2.36. The summed E-state index contributed by atoms with van der Waals surface area (Å²) < 4.78 is 5.82. The first-order chi connectivity index (χ1) is 8.31. The number of para-hydroxylation sites is 1. The van der Waals surface area contributed by atoms with Crippen molar-refractivity contribution in [1.29, 1.82) is 0 Å². The number of hydrogen-bond acceptors (Lipinski definition) is 3. The molecule has 17 heavy (non-hydrogen) atoms. The lowest BCUT2D eigenvalue weighted by Gasteiger charge is -2.29. The van der Waals surface area contributed by atoms with E-state index in [1.54, 1.807) is 0 Å². The molecule has 3 heteroatoms. The molecular formula is C14H18N2O. The van der Waals surface area contributed by atoms with Gasteiger partial charge in [-0.05, 0) is 25.0 Å². The Kier molecular flexibility index (Phi) is 2.87. The van der Waals surface area contributed by atoms with Gasteiger partial charge in [0, 0.05) is 24.5 Å². The Morgan fingerprint density at radius 1 is 1.24 bits per heavy atom. The molecule has 1 aliphatic rings. The highest BCUT2D eigenvalue weighted by molar-refractivity contribution is 5.77. The molecule has 0 bridgehead atoms. The molecule has 2 N–H and O–H groups in total. The molecule has 0 aliphatic carbocycles. The van der Waals surface area contributed by atoms with E-state index in [4.69, 9.17) is 10.2 Å². The maximum absolute atomic E-state index is 5.90. The van der Waals surface area contributed by atoms with E-state index in [9.17, 15) is 0 Å². The molecule has 2 heterocycles. The third-order valence-electron chi connectivity index (χ3n) is 3.49. The van der Waals surface area contributed by atoms with Gasteiger partial charge in [0.05, 0.1) is 6.54 Å². The quantitative estimate of drug-likeness (QED) is 0.861. The van der Waals surface area contributed by atoms with Crippen molar-refractivity contribution >= 4 is 11.0 Å². The highest BCUT2D eigenvalue weighted by atomic mass is 16.3. The van der Waals surface area contributed by atoms with Crippen LogP contribution >= 0.6 is 0 Å². The number of piperidine rings is 1. The molecule has 0 saturated carbocycles. The minimum Gasteiger partial charge on any atom is -0.460 e. The smallest absolute Gasteiger partial charge is 0.134 e. The van der Waals surface area contributed by atoms with Crippen LogP contribution in [0.15, 0.2) is 34.7 Å². The molecule has 90 valence electrons. The fourth-order valence-electron chi connectivity index (χ4n) is 2.45. The number of likely N-dealkylation sites (tertiary alicyclic amines) is 1. The molecule has 1 aromatic carbocycles. The standard InChI is InChI=1S/C14H18N2O/c15-12-5-7-16(8-6-12)10-13-9-11-3-1-2-4-14(11)17-13/h1-4,9,12H,5-8,10,15H2. The van der Waals surface area contributed by atoms with E-state index in [0.29, 0.717) is 6.04 Å². The van der Waals surface area contributed by atoms with Crippen LogP contribution in [0.2, 0.25) is 0 Å². The first-order valence-electron chi connectivity index (χ1n) is 6.27. The molecule has 0 spiro atoms. The van der Waals surface area contributed by atoms with E-state index in [1.165, 1.54) is 5.39 Å². The zero-order valence-electron chi connectivity index (χ0n) is 9.93. The van der Waals surface area contributed by atoms with Crippen LogP contribution in [0, 0.1) is 0 Å². The fraction of sp³-hybridized carbons (Fsp3) is 0.429.